The van der Waals surface area contributed by atoms with Crippen LogP contribution in [0, 0.1) is 0 Å². The number of carbonyl (C=O) groups excluding carboxylic acids is 3. The van der Waals surface area contributed by atoms with E-state index in [4.69, 9.17) is 18.9 Å². The molecule has 0 aliphatic heterocycles. The molecule has 2 fully saturated rings. The van der Waals surface area contributed by atoms with Gasteiger partial charge in [0, 0.05) is 17.9 Å². The van der Waals surface area contributed by atoms with Gasteiger partial charge in [0.1, 0.15) is 22.3 Å². The first-order valence-corrected chi connectivity index (χ1v) is 24.5. The lowest BCUT2D eigenvalue weighted by Gasteiger charge is -2.55. The maximum Gasteiger partial charge on any atom is 0.416 e. The van der Waals surface area contributed by atoms with Crippen LogP contribution < -0.4 is 16.0 Å². The molecule has 4 aromatic rings. The molecule has 2 atom stereocenters. The highest BCUT2D eigenvalue weighted by Gasteiger charge is 2.62. The summed E-state index contributed by atoms with van der Waals surface area (Å²) in [5, 5.41) is 17.6. The van der Waals surface area contributed by atoms with Gasteiger partial charge in [-0.05, 0) is 140 Å². The number of hydrogen-bond acceptors (Lipinski definition) is 8. The summed E-state index contributed by atoms with van der Waals surface area (Å²) in [5.41, 5.74) is -11.8. The van der Waals surface area contributed by atoms with Crippen LogP contribution in [-0.4, -0.2) is 71.7 Å². The highest BCUT2D eigenvalue weighted by atomic mass is 19.4. The van der Waals surface area contributed by atoms with Crippen LogP contribution in [0.3, 0.4) is 0 Å². The van der Waals surface area contributed by atoms with E-state index in [2.05, 4.69) is 16.0 Å². The number of nitrogens with one attached hydrogen (secondary N) is 3. The zero-order chi connectivity index (χ0) is 59.6. The molecule has 0 saturated heterocycles. The second-order valence-corrected chi connectivity index (χ2v) is 21.9. The lowest BCUT2D eigenvalue weighted by Crippen LogP contribution is -2.71. The summed E-state index contributed by atoms with van der Waals surface area (Å²) in [6.07, 6.45) is -24.3. The number of ether oxygens (including phenoxy) is 4. The second-order valence-electron chi connectivity index (χ2n) is 21.9. The first-order chi connectivity index (χ1) is 36.1. The van der Waals surface area contributed by atoms with Crippen LogP contribution in [0.25, 0.3) is 0 Å². The predicted octanol–water partition coefficient (Wildman–Crippen LogP) is 13.4. The molecule has 0 heterocycles. The number of hydrogen-bond donors (Lipinski definition) is 4. The van der Waals surface area contributed by atoms with Gasteiger partial charge in [-0.2, -0.15) is 52.7 Å². The Morgan fingerprint density at radius 3 is 1.06 bits per heavy atom. The first-order valence-electron chi connectivity index (χ1n) is 24.5. The fourth-order valence-electron chi connectivity index (χ4n) is 9.59. The number of benzene rings is 4. The van der Waals surface area contributed by atoms with Crippen molar-refractivity contribution in [3.8, 4) is 0 Å². The van der Waals surface area contributed by atoms with Gasteiger partial charge in [-0.25, -0.2) is 14.4 Å². The monoisotopic (exact) mass is 1140 g/mol. The molecule has 434 valence electrons. The summed E-state index contributed by atoms with van der Waals surface area (Å²) in [4.78, 5) is 50.1. The molecule has 2 aliphatic carbocycles. The summed E-state index contributed by atoms with van der Waals surface area (Å²) >= 11 is 0. The normalized spacial score (nSPS) is 22.3. The molecule has 0 radical (unpaired) electrons. The molecular formula is C55H61F12N3O9. The molecule has 0 spiro atoms. The molecule has 3 amide bonds. The standard InChI is InChI=1S/C28H32F6N2O4.C27H29F6NO5/c1-17(18-11-20(27(29,30)31)13-21(12-18)28(32,33)34)39-16-25(19-9-7-6-8-10-19)14-26(15-25,22(37)35-5)36-23(38)40-24(2,3)4;1-16(17-10-19(26(28,29)30)12-20(11-17)27(31,32)33)38-15-24(18-8-6-5-7-9-18)13-25(14-24,21(35)36)34-22(37)39-23(2,3)4/h6-13,17H,14-16H2,1-5H3,(H,35,37)(H,36,38);5-12,16H,13-15H2,1-4H3,(H,34,37)(H,35,36)/t17-,25?,26?;16-,24?,25?/m11/s1. The molecule has 79 heavy (non-hydrogen) atoms. The van der Waals surface area contributed by atoms with Crippen molar-refractivity contribution in [3.05, 3.63) is 142 Å². The fraction of sp³-hybridized carbons (Fsp3) is 0.491. The van der Waals surface area contributed by atoms with Gasteiger partial charge in [0.15, 0.2) is 0 Å². The van der Waals surface area contributed by atoms with Gasteiger partial charge in [0.05, 0.1) is 47.7 Å². The molecule has 4 aromatic carbocycles. The van der Waals surface area contributed by atoms with Crippen molar-refractivity contribution in [1.82, 2.24) is 16.0 Å². The number of halogens is 12. The third kappa shape index (κ3) is 15.8. The summed E-state index contributed by atoms with van der Waals surface area (Å²) < 4.78 is 182. The highest BCUT2D eigenvalue weighted by molar-refractivity contribution is 5.92. The summed E-state index contributed by atoms with van der Waals surface area (Å²) in [5.74, 6) is -1.80. The maximum atomic E-state index is 13.4. The van der Waals surface area contributed by atoms with E-state index in [1.165, 1.54) is 20.9 Å². The lowest BCUT2D eigenvalue weighted by molar-refractivity contribution is -0.155. The minimum Gasteiger partial charge on any atom is -0.480 e. The zero-order valence-electron chi connectivity index (χ0n) is 44.4. The average molecular weight is 1140 g/mol. The van der Waals surface area contributed by atoms with Crippen LogP contribution in [0.4, 0.5) is 62.3 Å². The molecular weight excluding hydrogens is 1070 g/mol. The van der Waals surface area contributed by atoms with Gasteiger partial charge in [0.2, 0.25) is 5.91 Å². The van der Waals surface area contributed by atoms with Crippen molar-refractivity contribution in [2.24, 2.45) is 0 Å². The molecule has 4 N–H and O–H groups in total. The maximum absolute atomic E-state index is 13.4. The van der Waals surface area contributed by atoms with Crippen LogP contribution in [0.1, 0.15) is 138 Å². The van der Waals surface area contributed by atoms with Crippen molar-refractivity contribution < 1.29 is 95.9 Å². The molecule has 2 aliphatic rings. The average Bonchev–Trinajstić information content (AvgIpc) is 3.36. The lowest BCUT2D eigenvalue weighted by atomic mass is 9.54. The van der Waals surface area contributed by atoms with Crippen molar-refractivity contribution in [3.63, 3.8) is 0 Å². The number of carbonyl (C=O) groups is 4. The molecule has 12 nitrogen and oxygen atoms in total. The number of alkyl halides is 12. The number of carboxylic acid groups (broad SMARTS) is 1. The molecule has 0 unspecified atom stereocenters. The third-order valence-corrected chi connectivity index (χ3v) is 13.3. The van der Waals surface area contributed by atoms with E-state index < -0.39 is 116 Å². The Morgan fingerprint density at radius 1 is 0.506 bits per heavy atom. The Labute approximate surface area is 447 Å². The number of rotatable bonds is 14. The van der Waals surface area contributed by atoms with Gasteiger partial charge < -0.3 is 40.0 Å². The molecule has 0 bridgehead atoms. The molecule has 24 heteroatoms. The van der Waals surface area contributed by atoms with Crippen LogP contribution in [0.15, 0.2) is 97.1 Å². The zero-order valence-corrected chi connectivity index (χ0v) is 44.4. The summed E-state index contributed by atoms with van der Waals surface area (Å²) in [6.45, 7) is 12.1. The van der Waals surface area contributed by atoms with E-state index in [1.807, 2.05) is 0 Å². The quantitative estimate of drug-likeness (QED) is 0.0901. The van der Waals surface area contributed by atoms with Crippen LogP contribution in [0.2, 0.25) is 0 Å². The topological polar surface area (TPSA) is 162 Å². The van der Waals surface area contributed by atoms with Gasteiger partial charge in [0.25, 0.3) is 0 Å². The fourth-order valence-corrected chi connectivity index (χ4v) is 9.59. The third-order valence-electron chi connectivity index (χ3n) is 13.3. The Morgan fingerprint density at radius 2 is 0.797 bits per heavy atom. The largest absolute Gasteiger partial charge is 0.480 e. The summed E-state index contributed by atoms with van der Waals surface area (Å²) in [6, 6.07) is 19.9. The van der Waals surface area contributed by atoms with E-state index in [-0.39, 0.29) is 62.2 Å². The Kier molecular flexibility index (Phi) is 18.3. The predicted molar refractivity (Wildman–Crippen MR) is 262 cm³/mol. The van der Waals surface area contributed by atoms with E-state index in [0.29, 0.717) is 29.8 Å². The number of likely N-dealkylation sites (N-methyl/N-ethyl adjacent to an activating group) is 1. The Balaban J connectivity index is 0.000000291. The number of amides is 3. The highest BCUT2D eigenvalue weighted by Crippen LogP contribution is 2.53. The van der Waals surface area contributed by atoms with Crippen molar-refractivity contribution in [2.75, 3.05) is 20.3 Å². The van der Waals surface area contributed by atoms with Crippen molar-refractivity contribution in [2.45, 2.75) is 151 Å². The number of alkyl carbamates (subject to hydrolysis) is 2. The van der Waals surface area contributed by atoms with Crippen LogP contribution >= 0.6 is 0 Å². The van der Waals surface area contributed by atoms with E-state index in [0.717, 1.165) is 5.56 Å². The van der Waals surface area contributed by atoms with Crippen molar-refractivity contribution in [1.29, 1.82) is 0 Å². The molecule has 0 aromatic heterocycles. The second kappa shape index (κ2) is 22.9. The van der Waals surface area contributed by atoms with Gasteiger partial charge in [-0.15, -0.1) is 0 Å². The SMILES string of the molecule is CNC(=O)C1(NC(=O)OC(C)(C)C)CC(CO[C@H](C)c2cc(C(F)(F)F)cc(C(F)(F)F)c2)(c2ccccc2)C1.C[C@@H](OCC1(c2ccccc2)CC(NC(=O)OC(C)(C)C)(C(=O)O)C1)c1cc(C(F)(F)F)cc(C(F)(F)F)c1. The molecule has 6 rings (SSSR count). The Bertz CT molecular complexity index is 2730. The summed E-state index contributed by atoms with van der Waals surface area (Å²) in [7, 11) is 1.41. The van der Waals surface area contributed by atoms with Crippen molar-refractivity contribution >= 4 is 24.1 Å². The van der Waals surface area contributed by atoms with E-state index in [9.17, 15) is 77.0 Å². The smallest absolute Gasteiger partial charge is 0.416 e. The minimum absolute atomic E-state index is 0.0389. The number of carboxylic acids is 1. The first kappa shape index (κ1) is 63.3. The van der Waals surface area contributed by atoms with Gasteiger partial charge >= 0.3 is 42.9 Å². The minimum atomic E-state index is -5.01. The van der Waals surface area contributed by atoms with Gasteiger partial charge in [-0.1, -0.05) is 60.7 Å². The Hall–Kier alpha value is -6.56. The number of aliphatic carboxylic acids is 1. The molecule has 2 saturated carbocycles. The van der Waals surface area contributed by atoms with Gasteiger partial charge in [-0.3, -0.25) is 4.79 Å². The van der Waals surface area contributed by atoms with Crippen LogP contribution in [0.5, 0.6) is 0 Å². The van der Waals surface area contributed by atoms with E-state index in [1.54, 1.807) is 102 Å². The van der Waals surface area contributed by atoms with E-state index >= 15 is 0 Å². The van der Waals surface area contributed by atoms with Crippen LogP contribution in [-0.2, 0) is 64.1 Å².